The minimum Gasteiger partial charge on any atom is -0.371 e. The van der Waals surface area contributed by atoms with Gasteiger partial charge in [-0.3, -0.25) is 9.69 Å². The smallest absolute Gasteiger partial charge is 0.329 e. The lowest BCUT2D eigenvalue weighted by atomic mass is 10.00. The Bertz CT molecular complexity index is 992. The molecule has 2 aromatic rings. The van der Waals surface area contributed by atoms with Crippen LogP contribution in [0.3, 0.4) is 0 Å². The molecule has 2 saturated heterocycles. The van der Waals surface area contributed by atoms with Crippen molar-refractivity contribution in [1.82, 2.24) is 10.2 Å². The maximum absolute atomic E-state index is 13.1. The van der Waals surface area contributed by atoms with Crippen LogP contribution in [-0.4, -0.2) is 29.9 Å². The number of nitrogens with one attached hydrogen (secondary N) is 1. The molecule has 0 aliphatic carbocycles. The Labute approximate surface area is 169 Å². The second kappa shape index (κ2) is 7.70. The van der Waals surface area contributed by atoms with Gasteiger partial charge in [-0.05, 0) is 73.2 Å². The fourth-order valence-corrected chi connectivity index (χ4v) is 3.93. The Hall–Kier alpha value is -3.15. The molecule has 0 bridgehead atoms. The minimum atomic E-state index is -0.464. The highest BCUT2D eigenvalue weighted by molar-refractivity contribution is 6.14. The summed E-state index contributed by atoms with van der Waals surface area (Å²) in [6.45, 7) is 6.40. The summed E-state index contributed by atoms with van der Waals surface area (Å²) in [6.07, 6.45) is 4.17. The van der Waals surface area contributed by atoms with Crippen LogP contribution in [0.25, 0.3) is 6.08 Å². The molecule has 2 fully saturated rings. The van der Waals surface area contributed by atoms with Gasteiger partial charge in [0.05, 0.1) is 6.54 Å². The van der Waals surface area contributed by atoms with Crippen LogP contribution in [0.4, 0.5) is 14.9 Å². The van der Waals surface area contributed by atoms with E-state index in [0.29, 0.717) is 5.56 Å². The molecule has 6 heteroatoms. The van der Waals surface area contributed by atoms with Gasteiger partial charge in [0.25, 0.3) is 5.91 Å². The van der Waals surface area contributed by atoms with Gasteiger partial charge in [-0.25, -0.2) is 9.18 Å². The van der Waals surface area contributed by atoms with Crippen LogP contribution in [0, 0.1) is 19.7 Å². The van der Waals surface area contributed by atoms with Crippen LogP contribution in [0.15, 0.2) is 42.1 Å². The van der Waals surface area contributed by atoms with E-state index < -0.39 is 6.03 Å². The number of amides is 3. The highest BCUT2D eigenvalue weighted by atomic mass is 19.1. The van der Waals surface area contributed by atoms with E-state index in [1.807, 2.05) is 13.0 Å². The molecule has 3 amide bonds. The summed E-state index contributed by atoms with van der Waals surface area (Å²) < 4.78 is 13.1. The monoisotopic (exact) mass is 393 g/mol. The van der Waals surface area contributed by atoms with Crippen LogP contribution in [0.5, 0.6) is 0 Å². The molecule has 0 radical (unpaired) electrons. The molecule has 0 spiro atoms. The summed E-state index contributed by atoms with van der Waals surface area (Å²) in [7, 11) is 0. The van der Waals surface area contributed by atoms with Crippen LogP contribution >= 0.6 is 0 Å². The summed E-state index contributed by atoms with van der Waals surface area (Å²) in [5.74, 6) is -0.727. The Balaban J connectivity index is 1.56. The normalized spacial score (nSPS) is 18.1. The van der Waals surface area contributed by atoms with E-state index in [-0.39, 0.29) is 24.0 Å². The number of urea groups is 1. The van der Waals surface area contributed by atoms with Crippen molar-refractivity contribution in [2.45, 2.75) is 33.2 Å². The molecule has 5 nitrogen and oxygen atoms in total. The van der Waals surface area contributed by atoms with Crippen LogP contribution < -0.4 is 10.2 Å². The summed E-state index contributed by atoms with van der Waals surface area (Å²) >= 11 is 0. The van der Waals surface area contributed by atoms with E-state index in [0.717, 1.165) is 29.1 Å². The van der Waals surface area contributed by atoms with Crippen molar-refractivity contribution in [3.8, 4) is 0 Å². The average molecular weight is 393 g/mol. The number of hydrogen-bond donors (Lipinski definition) is 1. The van der Waals surface area contributed by atoms with Crippen molar-refractivity contribution in [1.29, 1.82) is 0 Å². The van der Waals surface area contributed by atoms with Crippen LogP contribution in [0.1, 0.15) is 35.1 Å². The Morgan fingerprint density at radius 2 is 1.69 bits per heavy atom. The van der Waals surface area contributed by atoms with Crippen molar-refractivity contribution in [3.05, 3.63) is 70.2 Å². The summed E-state index contributed by atoms with van der Waals surface area (Å²) in [5.41, 5.74) is 5.40. The van der Waals surface area contributed by atoms with Gasteiger partial charge in [-0.15, -0.1) is 0 Å². The zero-order valence-corrected chi connectivity index (χ0v) is 16.7. The second-order valence-electron chi connectivity index (χ2n) is 7.62. The van der Waals surface area contributed by atoms with Crippen molar-refractivity contribution in [2.75, 3.05) is 18.0 Å². The van der Waals surface area contributed by atoms with Crippen molar-refractivity contribution >= 4 is 23.7 Å². The Kier molecular flexibility index (Phi) is 5.09. The number of anilines is 1. The van der Waals surface area contributed by atoms with Crippen molar-refractivity contribution in [2.24, 2.45) is 0 Å². The first-order valence-electron chi connectivity index (χ1n) is 9.88. The number of hydrogen-bond acceptors (Lipinski definition) is 3. The molecule has 150 valence electrons. The number of benzene rings is 2. The molecule has 29 heavy (non-hydrogen) atoms. The third-order valence-electron chi connectivity index (χ3n) is 5.76. The van der Waals surface area contributed by atoms with E-state index in [9.17, 15) is 14.0 Å². The summed E-state index contributed by atoms with van der Waals surface area (Å²) in [5, 5.41) is 2.66. The average Bonchev–Trinajstić information content (AvgIpc) is 3.32. The molecular formula is C23H24FN3O2. The first kappa shape index (κ1) is 19.2. The fraction of sp³-hybridized carbons (Fsp3) is 0.304. The molecule has 0 atom stereocenters. The van der Waals surface area contributed by atoms with Gasteiger partial charge in [0.2, 0.25) is 0 Å². The molecule has 4 rings (SSSR count). The lowest BCUT2D eigenvalue weighted by molar-refractivity contribution is -0.123. The first-order valence-corrected chi connectivity index (χ1v) is 9.88. The molecule has 0 aromatic heterocycles. The zero-order chi connectivity index (χ0) is 20.5. The highest BCUT2D eigenvalue weighted by Crippen LogP contribution is 2.29. The third-order valence-corrected chi connectivity index (χ3v) is 5.76. The Morgan fingerprint density at radius 3 is 2.38 bits per heavy atom. The molecule has 1 N–H and O–H groups in total. The van der Waals surface area contributed by atoms with Gasteiger partial charge in [-0.2, -0.15) is 0 Å². The maximum atomic E-state index is 13.1. The molecule has 2 aliphatic rings. The van der Waals surface area contributed by atoms with Crippen molar-refractivity contribution < 1.29 is 14.0 Å². The van der Waals surface area contributed by atoms with Gasteiger partial charge in [-0.1, -0.05) is 18.2 Å². The molecule has 2 aromatic carbocycles. The van der Waals surface area contributed by atoms with E-state index in [1.54, 1.807) is 18.2 Å². The number of carbonyl (C=O) groups excluding carboxylic acids is 2. The van der Waals surface area contributed by atoms with Gasteiger partial charge in [0, 0.05) is 18.8 Å². The van der Waals surface area contributed by atoms with Crippen LogP contribution in [-0.2, 0) is 11.3 Å². The predicted molar refractivity (Wildman–Crippen MR) is 111 cm³/mol. The van der Waals surface area contributed by atoms with E-state index in [2.05, 4.69) is 23.2 Å². The number of nitrogens with zero attached hydrogens (tertiary/aromatic N) is 2. The maximum Gasteiger partial charge on any atom is 0.329 e. The number of carbonyl (C=O) groups is 2. The SMILES string of the molecule is Cc1c(/C=C2\NC(=O)N(Cc3ccc(F)cc3)C2=O)ccc(N2CCCC2)c1C. The number of halogens is 1. The largest absolute Gasteiger partial charge is 0.371 e. The molecular weight excluding hydrogens is 369 g/mol. The molecule has 2 aliphatic heterocycles. The molecule has 0 unspecified atom stereocenters. The third kappa shape index (κ3) is 3.75. The minimum absolute atomic E-state index is 0.105. The fourth-order valence-electron chi connectivity index (χ4n) is 3.93. The van der Waals surface area contributed by atoms with Crippen LogP contribution in [0.2, 0.25) is 0 Å². The molecule has 2 heterocycles. The summed E-state index contributed by atoms with van der Waals surface area (Å²) in [6, 6.07) is 9.41. The highest BCUT2D eigenvalue weighted by Gasteiger charge is 2.33. The molecule has 0 saturated carbocycles. The number of rotatable bonds is 4. The quantitative estimate of drug-likeness (QED) is 0.628. The van der Waals surface area contributed by atoms with Gasteiger partial charge >= 0.3 is 6.03 Å². The van der Waals surface area contributed by atoms with E-state index in [4.69, 9.17) is 0 Å². The second-order valence-corrected chi connectivity index (χ2v) is 7.62. The first-order chi connectivity index (χ1) is 13.9. The lowest BCUT2D eigenvalue weighted by Gasteiger charge is -2.22. The van der Waals surface area contributed by atoms with Crippen molar-refractivity contribution in [3.63, 3.8) is 0 Å². The lowest BCUT2D eigenvalue weighted by Crippen LogP contribution is -2.30. The Morgan fingerprint density at radius 1 is 1.00 bits per heavy atom. The van der Waals surface area contributed by atoms with E-state index >= 15 is 0 Å². The predicted octanol–water partition coefficient (Wildman–Crippen LogP) is 4.14. The van der Waals surface area contributed by atoms with Gasteiger partial charge < -0.3 is 10.2 Å². The van der Waals surface area contributed by atoms with Gasteiger partial charge in [0.15, 0.2) is 0 Å². The van der Waals surface area contributed by atoms with Gasteiger partial charge in [0.1, 0.15) is 11.5 Å². The summed E-state index contributed by atoms with van der Waals surface area (Å²) in [4.78, 5) is 28.6. The zero-order valence-electron chi connectivity index (χ0n) is 16.7. The standard InChI is InChI=1S/C23H24FN3O2/c1-15-16(2)21(26-11-3-4-12-26)10-7-18(15)13-20-22(28)27(23(29)25-20)14-17-5-8-19(24)9-6-17/h5-10,13H,3-4,11-12,14H2,1-2H3,(H,25,29)/b20-13-. The van der Waals surface area contributed by atoms with E-state index in [1.165, 1.54) is 36.2 Å². The number of imide groups is 1. The topological polar surface area (TPSA) is 52.7 Å².